The maximum Gasteiger partial charge on any atom is 0.254 e. The van der Waals surface area contributed by atoms with Gasteiger partial charge in [-0.25, -0.2) is 0 Å². The fourth-order valence-corrected chi connectivity index (χ4v) is 2.75. The molecule has 2 heterocycles. The van der Waals surface area contributed by atoms with Gasteiger partial charge in [-0.05, 0) is 52.6 Å². The van der Waals surface area contributed by atoms with Crippen LogP contribution >= 0.6 is 0 Å². The molecular formula is C16H28N4O. The van der Waals surface area contributed by atoms with Gasteiger partial charge in [0.25, 0.3) is 5.91 Å². The van der Waals surface area contributed by atoms with Gasteiger partial charge in [-0.3, -0.25) is 9.48 Å². The van der Waals surface area contributed by atoms with E-state index >= 15 is 0 Å². The minimum Gasteiger partial charge on any atom is -0.352 e. The number of rotatable bonds is 4. The fourth-order valence-electron chi connectivity index (χ4n) is 2.75. The summed E-state index contributed by atoms with van der Waals surface area (Å²) < 4.78 is 1.83. The standard InChI is InChI=1S/C16H28N4O/c1-5-19-8-6-7-13(11-19)9-17-15(21)14-10-18-20(12-14)16(2,3)4/h10,12-13H,5-9,11H2,1-4H3,(H,17,21). The Hall–Kier alpha value is -1.36. The molecule has 21 heavy (non-hydrogen) atoms. The molecule has 1 aromatic rings. The summed E-state index contributed by atoms with van der Waals surface area (Å²) in [5.41, 5.74) is 0.553. The lowest BCUT2D eigenvalue weighted by Gasteiger charge is -2.31. The first-order valence-corrected chi connectivity index (χ1v) is 7.96. The van der Waals surface area contributed by atoms with E-state index in [4.69, 9.17) is 0 Å². The Labute approximate surface area is 127 Å². The van der Waals surface area contributed by atoms with Crippen LogP contribution in [0.1, 0.15) is 50.9 Å². The van der Waals surface area contributed by atoms with Crippen molar-refractivity contribution in [2.45, 2.75) is 46.1 Å². The maximum atomic E-state index is 12.2. The summed E-state index contributed by atoms with van der Waals surface area (Å²) in [4.78, 5) is 14.7. The molecule has 0 spiro atoms. The molecule has 5 nitrogen and oxygen atoms in total. The van der Waals surface area contributed by atoms with Gasteiger partial charge < -0.3 is 10.2 Å². The lowest BCUT2D eigenvalue weighted by Crippen LogP contribution is -2.40. The van der Waals surface area contributed by atoms with E-state index in [2.05, 4.69) is 43.0 Å². The number of piperidine rings is 1. The van der Waals surface area contributed by atoms with E-state index in [0.717, 1.165) is 19.6 Å². The molecule has 0 aliphatic carbocycles. The number of carbonyl (C=O) groups excluding carboxylic acids is 1. The van der Waals surface area contributed by atoms with Crippen LogP contribution in [-0.4, -0.2) is 46.8 Å². The summed E-state index contributed by atoms with van der Waals surface area (Å²) in [7, 11) is 0. The van der Waals surface area contributed by atoms with Crippen LogP contribution in [0.3, 0.4) is 0 Å². The number of aromatic nitrogens is 2. The van der Waals surface area contributed by atoms with Gasteiger partial charge in [-0.15, -0.1) is 0 Å². The molecule has 0 saturated carbocycles. The monoisotopic (exact) mass is 292 g/mol. The average molecular weight is 292 g/mol. The summed E-state index contributed by atoms with van der Waals surface area (Å²) in [6.45, 7) is 12.6. The topological polar surface area (TPSA) is 50.2 Å². The lowest BCUT2D eigenvalue weighted by molar-refractivity contribution is 0.0933. The summed E-state index contributed by atoms with van der Waals surface area (Å²) in [6, 6.07) is 0. The number of hydrogen-bond acceptors (Lipinski definition) is 3. The molecule has 0 aromatic carbocycles. The first-order chi connectivity index (χ1) is 9.90. The van der Waals surface area contributed by atoms with Crippen LogP contribution in [-0.2, 0) is 5.54 Å². The highest BCUT2D eigenvalue weighted by atomic mass is 16.1. The molecule has 1 aliphatic heterocycles. The summed E-state index contributed by atoms with van der Waals surface area (Å²) in [5, 5.41) is 7.34. The first-order valence-electron chi connectivity index (χ1n) is 7.96. The molecule has 1 aromatic heterocycles. The van der Waals surface area contributed by atoms with Gasteiger partial charge in [0.15, 0.2) is 0 Å². The predicted molar refractivity (Wildman–Crippen MR) is 84.4 cm³/mol. The van der Waals surface area contributed by atoms with Crippen molar-refractivity contribution in [2.75, 3.05) is 26.2 Å². The summed E-state index contributed by atoms with van der Waals surface area (Å²) in [6.07, 6.45) is 5.92. The van der Waals surface area contributed by atoms with Crippen molar-refractivity contribution >= 4 is 5.91 Å². The molecule has 1 unspecified atom stereocenters. The second kappa shape index (κ2) is 6.60. The second-order valence-electron chi connectivity index (χ2n) is 6.96. The van der Waals surface area contributed by atoms with Crippen molar-refractivity contribution in [2.24, 2.45) is 5.92 Å². The Morgan fingerprint density at radius 3 is 2.86 bits per heavy atom. The quantitative estimate of drug-likeness (QED) is 0.924. The minimum absolute atomic E-state index is 0.0147. The highest BCUT2D eigenvalue weighted by Gasteiger charge is 2.20. The normalized spacial score (nSPS) is 20.5. The summed E-state index contributed by atoms with van der Waals surface area (Å²) in [5.74, 6) is 0.555. The first kappa shape index (κ1) is 16.0. The van der Waals surface area contributed by atoms with Gasteiger partial charge in [-0.2, -0.15) is 5.10 Å². The zero-order valence-electron chi connectivity index (χ0n) is 13.7. The van der Waals surface area contributed by atoms with Crippen LogP contribution in [0.5, 0.6) is 0 Å². The smallest absolute Gasteiger partial charge is 0.254 e. The van der Waals surface area contributed by atoms with Crippen molar-refractivity contribution in [3.63, 3.8) is 0 Å². The third kappa shape index (κ3) is 4.30. The molecular weight excluding hydrogens is 264 g/mol. The minimum atomic E-state index is -0.0937. The molecule has 1 aliphatic rings. The third-order valence-electron chi connectivity index (χ3n) is 4.13. The number of amides is 1. The molecule has 0 bridgehead atoms. The second-order valence-corrected chi connectivity index (χ2v) is 6.96. The van der Waals surface area contributed by atoms with E-state index in [9.17, 15) is 4.79 Å². The molecule has 1 atom stereocenters. The largest absolute Gasteiger partial charge is 0.352 e. The van der Waals surface area contributed by atoms with E-state index in [0.29, 0.717) is 11.5 Å². The Balaban J connectivity index is 1.86. The maximum absolute atomic E-state index is 12.2. The highest BCUT2D eigenvalue weighted by molar-refractivity contribution is 5.93. The van der Waals surface area contributed by atoms with E-state index < -0.39 is 0 Å². The zero-order chi connectivity index (χ0) is 15.5. The van der Waals surface area contributed by atoms with E-state index in [1.165, 1.54) is 19.4 Å². The van der Waals surface area contributed by atoms with Crippen molar-refractivity contribution in [1.29, 1.82) is 0 Å². The Morgan fingerprint density at radius 1 is 1.48 bits per heavy atom. The van der Waals surface area contributed by atoms with E-state index in [1.54, 1.807) is 6.20 Å². The molecule has 2 rings (SSSR count). The molecule has 0 radical (unpaired) electrons. The van der Waals surface area contributed by atoms with Crippen molar-refractivity contribution in [1.82, 2.24) is 20.0 Å². The zero-order valence-corrected chi connectivity index (χ0v) is 13.7. The number of nitrogens with one attached hydrogen (secondary N) is 1. The van der Waals surface area contributed by atoms with Gasteiger partial charge in [0.2, 0.25) is 0 Å². The van der Waals surface area contributed by atoms with Gasteiger partial charge in [0, 0.05) is 19.3 Å². The van der Waals surface area contributed by atoms with Crippen molar-refractivity contribution in [3.8, 4) is 0 Å². The number of likely N-dealkylation sites (tertiary alicyclic amines) is 1. The summed E-state index contributed by atoms with van der Waals surface area (Å²) >= 11 is 0. The van der Waals surface area contributed by atoms with Crippen LogP contribution < -0.4 is 5.32 Å². The van der Waals surface area contributed by atoms with Crippen LogP contribution in [0.15, 0.2) is 12.4 Å². The number of carbonyl (C=O) groups is 1. The Morgan fingerprint density at radius 2 is 2.24 bits per heavy atom. The molecule has 1 amide bonds. The van der Waals surface area contributed by atoms with Crippen LogP contribution in [0.2, 0.25) is 0 Å². The molecule has 118 valence electrons. The third-order valence-corrected chi connectivity index (χ3v) is 4.13. The lowest BCUT2D eigenvalue weighted by atomic mass is 9.98. The fraction of sp³-hybridized carbons (Fsp3) is 0.750. The van der Waals surface area contributed by atoms with Crippen LogP contribution in [0.25, 0.3) is 0 Å². The molecule has 1 saturated heterocycles. The van der Waals surface area contributed by atoms with Gasteiger partial charge in [0.1, 0.15) is 0 Å². The number of nitrogens with zero attached hydrogens (tertiary/aromatic N) is 3. The van der Waals surface area contributed by atoms with E-state index in [-0.39, 0.29) is 11.4 Å². The number of hydrogen-bond donors (Lipinski definition) is 1. The highest BCUT2D eigenvalue weighted by Crippen LogP contribution is 2.16. The van der Waals surface area contributed by atoms with Gasteiger partial charge in [0.05, 0.1) is 17.3 Å². The van der Waals surface area contributed by atoms with Crippen LogP contribution in [0.4, 0.5) is 0 Å². The van der Waals surface area contributed by atoms with Crippen LogP contribution in [0, 0.1) is 5.92 Å². The van der Waals surface area contributed by atoms with Crippen molar-refractivity contribution in [3.05, 3.63) is 18.0 Å². The molecule has 1 N–H and O–H groups in total. The van der Waals surface area contributed by atoms with Gasteiger partial charge >= 0.3 is 0 Å². The Kier molecular flexibility index (Phi) is 5.04. The van der Waals surface area contributed by atoms with Crippen molar-refractivity contribution < 1.29 is 4.79 Å². The SMILES string of the molecule is CCN1CCCC(CNC(=O)c2cnn(C(C)(C)C)c2)C1. The van der Waals surface area contributed by atoms with E-state index in [1.807, 2.05) is 10.9 Å². The predicted octanol–water partition coefficient (Wildman–Crippen LogP) is 2.10. The molecule has 5 heteroatoms. The Bertz CT molecular complexity index is 475. The average Bonchev–Trinajstić information content (AvgIpc) is 2.95. The van der Waals surface area contributed by atoms with Gasteiger partial charge in [-0.1, -0.05) is 6.92 Å². The molecule has 1 fully saturated rings.